The summed E-state index contributed by atoms with van der Waals surface area (Å²) in [5.74, 6) is -1.14. The second-order valence-corrected chi connectivity index (χ2v) is 3.79. The summed E-state index contributed by atoms with van der Waals surface area (Å²) in [4.78, 5) is 34.2. The van der Waals surface area contributed by atoms with Gasteiger partial charge in [0, 0.05) is 17.8 Å². The molecule has 0 spiro atoms. The molecule has 1 aromatic carbocycles. The van der Waals surface area contributed by atoms with Gasteiger partial charge in [-0.15, -0.1) is 0 Å². The average Bonchev–Trinajstić information content (AvgIpc) is 2.46. The summed E-state index contributed by atoms with van der Waals surface area (Å²) in [5, 5.41) is 10.7. The highest BCUT2D eigenvalue weighted by atomic mass is 16.6. The molecule has 0 amide bonds. The summed E-state index contributed by atoms with van der Waals surface area (Å²) in [6.45, 7) is -0.431. The Bertz CT molecular complexity index is 498. The molecule has 8 heteroatoms. The minimum absolute atomic E-state index is 0.137. The van der Waals surface area contributed by atoms with E-state index in [1.165, 1.54) is 37.3 Å². The van der Waals surface area contributed by atoms with E-state index in [0.717, 1.165) is 0 Å². The van der Waals surface area contributed by atoms with Gasteiger partial charge >= 0.3 is 11.9 Å². The van der Waals surface area contributed by atoms with Crippen LogP contribution in [-0.4, -0.2) is 44.2 Å². The van der Waals surface area contributed by atoms with Gasteiger partial charge in [-0.2, -0.15) is 0 Å². The Balaban J connectivity index is 3.02. The Morgan fingerprint density at radius 3 is 2.20 bits per heavy atom. The Kier molecular flexibility index (Phi) is 5.45. The molecule has 0 saturated heterocycles. The van der Waals surface area contributed by atoms with Gasteiger partial charge in [0.05, 0.1) is 19.1 Å². The van der Waals surface area contributed by atoms with Crippen LogP contribution in [0, 0.1) is 10.1 Å². The molecule has 108 valence electrons. The van der Waals surface area contributed by atoms with Crippen molar-refractivity contribution in [3.8, 4) is 0 Å². The number of carbonyl (C=O) groups is 2. The molecule has 0 bridgehead atoms. The fourth-order valence-corrected chi connectivity index (χ4v) is 1.48. The lowest BCUT2D eigenvalue weighted by Crippen LogP contribution is -2.35. The number of esters is 2. The number of ether oxygens (including phenoxy) is 2. The number of non-ortho nitro benzene ring substituents is 1. The van der Waals surface area contributed by atoms with E-state index in [4.69, 9.17) is 0 Å². The summed E-state index contributed by atoms with van der Waals surface area (Å²) in [7, 11) is 2.43. The standard InChI is InChI=1S/C12H14N2O6/c1-19-11(15)7-13(8-12(16)20-2)9-4-3-5-10(6-9)14(17)18/h3-6H,7-8H2,1-2H3. The Morgan fingerprint density at radius 2 is 1.75 bits per heavy atom. The molecule has 20 heavy (non-hydrogen) atoms. The molecule has 1 aromatic rings. The smallest absolute Gasteiger partial charge is 0.325 e. The fraction of sp³-hybridized carbons (Fsp3) is 0.333. The molecule has 0 aliphatic heterocycles. The van der Waals surface area contributed by atoms with Crippen LogP contribution in [0.15, 0.2) is 24.3 Å². The molecule has 1 rings (SSSR count). The van der Waals surface area contributed by atoms with Crippen molar-refractivity contribution in [2.24, 2.45) is 0 Å². The molecule has 0 aromatic heterocycles. The van der Waals surface area contributed by atoms with Crippen LogP contribution in [0.3, 0.4) is 0 Å². The van der Waals surface area contributed by atoms with Crippen molar-refractivity contribution < 1.29 is 24.0 Å². The summed E-state index contributed by atoms with van der Waals surface area (Å²) in [6, 6.07) is 5.61. The van der Waals surface area contributed by atoms with E-state index in [2.05, 4.69) is 9.47 Å². The van der Waals surface area contributed by atoms with E-state index >= 15 is 0 Å². The molecule has 8 nitrogen and oxygen atoms in total. The maximum absolute atomic E-state index is 11.3. The maximum Gasteiger partial charge on any atom is 0.325 e. The van der Waals surface area contributed by atoms with Crippen LogP contribution in [0.25, 0.3) is 0 Å². The number of nitrogens with zero attached hydrogens (tertiary/aromatic N) is 2. The lowest BCUT2D eigenvalue weighted by atomic mass is 10.2. The molecule has 0 unspecified atom stereocenters. The molecule has 0 saturated carbocycles. The molecular formula is C12H14N2O6. The van der Waals surface area contributed by atoms with Crippen molar-refractivity contribution in [2.75, 3.05) is 32.2 Å². The fourth-order valence-electron chi connectivity index (χ4n) is 1.48. The number of benzene rings is 1. The molecule has 0 heterocycles. The van der Waals surface area contributed by atoms with Crippen molar-refractivity contribution in [3.63, 3.8) is 0 Å². The summed E-state index contributed by atoms with van der Waals surface area (Å²) in [6.07, 6.45) is 0. The molecule has 0 aliphatic rings. The Hall–Kier alpha value is -2.64. The van der Waals surface area contributed by atoms with Gasteiger partial charge in [0.2, 0.25) is 0 Å². The van der Waals surface area contributed by atoms with Crippen molar-refractivity contribution >= 4 is 23.3 Å². The van der Waals surface area contributed by atoms with Crippen molar-refractivity contribution in [1.29, 1.82) is 0 Å². The van der Waals surface area contributed by atoms with Crippen LogP contribution in [-0.2, 0) is 19.1 Å². The number of carbonyl (C=O) groups excluding carboxylic acids is 2. The lowest BCUT2D eigenvalue weighted by Gasteiger charge is -2.21. The van der Waals surface area contributed by atoms with Gasteiger partial charge in [0.15, 0.2) is 0 Å². The number of methoxy groups -OCH3 is 2. The van der Waals surface area contributed by atoms with E-state index in [0.29, 0.717) is 5.69 Å². The largest absolute Gasteiger partial charge is 0.468 e. The quantitative estimate of drug-likeness (QED) is 0.431. The first-order chi connectivity index (χ1) is 9.47. The third-order valence-electron chi connectivity index (χ3n) is 2.50. The lowest BCUT2D eigenvalue weighted by molar-refractivity contribution is -0.384. The topological polar surface area (TPSA) is 99.0 Å². The predicted molar refractivity (Wildman–Crippen MR) is 69.3 cm³/mol. The highest BCUT2D eigenvalue weighted by Gasteiger charge is 2.18. The average molecular weight is 282 g/mol. The molecule has 0 fully saturated rings. The van der Waals surface area contributed by atoms with Gasteiger partial charge in [-0.05, 0) is 6.07 Å². The number of hydrogen-bond acceptors (Lipinski definition) is 7. The van der Waals surface area contributed by atoms with Crippen LogP contribution in [0.1, 0.15) is 0 Å². The van der Waals surface area contributed by atoms with Gasteiger partial charge in [-0.25, -0.2) is 0 Å². The first kappa shape index (κ1) is 15.4. The zero-order valence-electron chi connectivity index (χ0n) is 11.1. The zero-order valence-corrected chi connectivity index (χ0v) is 11.1. The van der Waals surface area contributed by atoms with E-state index in [1.54, 1.807) is 6.07 Å². The Morgan fingerprint density at radius 1 is 1.20 bits per heavy atom. The summed E-state index contributed by atoms with van der Waals surface area (Å²) in [5.41, 5.74) is 0.220. The first-order valence-electron chi connectivity index (χ1n) is 5.61. The van der Waals surface area contributed by atoms with Gasteiger partial charge in [-0.1, -0.05) is 6.07 Å². The van der Waals surface area contributed by atoms with Crippen LogP contribution in [0.5, 0.6) is 0 Å². The normalized spacial score (nSPS) is 9.70. The number of nitro benzene ring substituents is 1. The van der Waals surface area contributed by atoms with E-state index in [1.807, 2.05) is 0 Å². The maximum atomic E-state index is 11.3. The number of nitro groups is 1. The van der Waals surface area contributed by atoms with Crippen LogP contribution in [0.4, 0.5) is 11.4 Å². The van der Waals surface area contributed by atoms with Crippen LogP contribution in [0.2, 0.25) is 0 Å². The third kappa shape index (κ3) is 4.23. The molecule has 0 atom stereocenters. The highest BCUT2D eigenvalue weighted by Crippen LogP contribution is 2.21. The monoisotopic (exact) mass is 282 g/mol. The number of hydrogen-bond donors (Lipinski definition) is 0. The Labute approximate surface area is 115 Å². The highest BCUT2D eigenvalue weighted by molar-refractivity contribution is 5.81. The number of rotatable bonds is 6. The summed E-state index contributed by atoms with van der Waals surface area (Å²) < 4.78 is 9.06. The second kappa shape index (κ2) is 7.07. The SMILES string of the molecule is COC(=O)CN(CC(=O)OC)c1cccc([N+](=O)[O-])c1. The van der Waals surface area contributed by atoms with Crippen LogP contribution < -0.4 is 4.90 Å². The summed E-state index contributed by atoms with van der Waals surface area (Å²) >= 11 is 0. The predicted octanol–water partition coefficient (Wildman–Crippen LogP) is 0.747. The molecule has 0 aliphatic carbocycles. The third-order valence-corrected chi connectivity index (χ3v) is 2.50. The van der Waals surface area contributed by atoms with E-state index in [9.17, 15) is 19.7 Å². The van der Waals surface area contributed by atoms with E-state index < -0.39 is 16.9 Å². The molecular weight excluding hydrogens is 268 g/mol. The van der Waals surface area contributed by atoms with Gasteiger partial charge < -0.3 is 14.4 Å². The zero-order chi connectivity index (χ0) is 15.1. The van der Waals surface area contributed by atoms with Gasteiger partial charge in [0.1, 0.15) is 13.1 Å². The molecule has 0 radical (unpaired) electrons. The van der Waals surface area contributed by atoms with Gasteiger partial charge in [-0.3, -0.25) is 19.7 Å². The first-order valence-corrected chi connectivity index (χ1v) is 5.61. The van der Waals surface area contributed by atoms with Crippen molar-refractivity contribution in [3.05, 3.63) is 34.4 Å². The van der Waals surface area contributed by atoms with Gasteiger partial charge in [0.25, 0.3) is 5.69 Å². The number of anilines is 1. The van der Waals surface area contributed by atoms with Crippen molar-refractivity contribution in [1.82, 2.24) is 0 Å². The van der Waals surface area contributed by atoms with E-state index in [-0.39, 0.29) is 18.8 Å². The minimum Gasteiger partial charge on any atom is -0.468 e. The minimum atomic E-state index is -0.569. The molecule has 0 N–H and O–H groups in total. The van der Waals surface area contributed by atoms with Crippen molar-refractivity contribution in [2.45, 2.75) is 0 Å². The van der Waals surface area contributed by atoms with Crippen LogP contribution >= 0.6 is 0 Å². The second-order valence-electron chi connectivity index (χ2n) is 3.79.